The zero-order chi connectivity index (χ0) is 15.2. The molecule has 21 heavy (non-hydrogen) atoms. The van der Waals surface area contributed by atoms with Crippen LogP contribution < -0.4 is 4.90 Å². The molecule has 0 aliphatic rings. The van der Waals surface area contributed by atoms with E-state index in [0.717, 1.165) is 23.4 Å². The molecular weight excluding hydrogens is 288 g/mol. The predicted octanol–water partition coefficient (Wildman–Crippen LogP) is 2.99. The number of carbonyl (C=O) groups excluding carboxylic acids is 2. The van der Waals surface area contributed by atoms with E-state index in [1.165, 1.54) is 7.11 Å². The smallest absolute Gasteiger partial charge is 0.348 e. The van der Waals surface area contributed by atoms with Crippen molar-refractivity contribution in [2.45, 2.75) is 13.3 Å². The van der Waals surface area contributed by atoms with Crippen LogP contribution in [0.25, 0.3) is 0 Å². The first-order chi connectivity index (χ1) is 10.2. The molecule has 0 radical (unpaired) electrons. The van der Waals surface area contributed by atoms with Crippen molar-refractivity contribution in [1.82, 2.24) is 4.98 Å². The summed E-state index contributed by atoms with van der Waals surface area (Å²) < 4.78 is 4.66. The zero-order valence-electron chi connectivity index (χ0n) is 11.9. The molecule has 0 unspecified atom stereocenters. The fourth-order valence-corrected chi connectivity index (χ4v) is 2.76. The van der Waals surface area contributed by atoms with Gasteiger partial charge in [-0.15, -0.1) is 11.3 Å². The highest BCUT2D eigenvalue weighted by Gasteiger charge is 2.20. The molecule has 0 atom stereocenters. The monoisotopic (exact) mass is 304 g/mol. The number of hydrogen-bond donors (Lipinski definition) is 0. The highest BCUT2D eigenvalue weighted by molar-refractivity contribution is 7.16. The van der Waals surface area contributed by atoms with Gasteiger partial charge in [-0.2, -0.15) is 0 Å². The van der Waals surface area contributed by atoms with Crippen LogP contribution in [0.15, 0.2) is 36.7 Å². The molecular formula is C15H16N2O3S. The summed E-state index contributed by atoms with van der Waals surface area (Å²) >= 11 is 1.14. The van der Waals surface area contributed by atoms with Gasteiger partial charge in [0.05, 0.1) is 12.0 Å². The van der Waals surface area contributed by atoms with Crippen molar-refractivity contribution in [3.63, 3.8) is 0 Å². The first kappa shape index (κ1) is 15.2. The normalized spacial score (nSPS) is 10.2. The van der Waals surface area contributed by atoms with Crippen LogP contribution in [0.2, 0.25) is 0 Å². The second-order valence-electron chi connectivity index (χ2n) is 4.32. The number of thiophene rings is 1. The SMILES string of the molecule is CCCN(C(=O)c1ccc(C(=O)OC)s1)c1ccncc1. The van der Waals surface area contributed by atoms with Crippen molar-refractivity contribution in [1.29, 1.82) is 0 Å². The van der Waals surface area contributed by atoms with Crippen molar-refractivity contribution >= 4 is 28.9 Å². The Kier molecular flexibility index (Phi) is 5.05. The molecule has 0 saturated carbocycles. The van der Waals surface area contributed by atoms with E-state index in [1.54, 1.807) is 41.6 Å². The third kappa shape index (κ3) is 3.46. The number of amides is 1. The van der Waals surface area contributed by atoms with E-state index in [4.69, 9.17) is 0 Å². The molecule has 0 N–H and O–H groups in total. The lowest BCUT2D eigenvalue weighted by atomic mass is 10.3. The topological polar surface area (TPSA) is 59.5 Å². The predicted molar refractivity (Wildman–Crippen MR) is 81.9 cm³/mol. The number of rotatable bonds is 5. The third-order valence-electron chi connectivity index (χ3n) is 2.87. The lowest BCUT2D eigenvalue weighted by Gasteiger charge is -2.21. The molecule has 0 spiro atoms. The molecule has 2 rings (SSSR count). The van der Waals surface area contributed by atoms with E-state index in [9.17, 15) is 9.59 Å². The number of nitrogens with zero attached hydrogens (tertiary/aromatic N) is 2. The minimum atomic E-state index is -0.426. The summed E-state index contributed by atoms with van der Waals surface area (Å²) in [5, 5.41) is 0. The average Bonchev–Trinajstić information content (AvgIpc) is 3.02. The Hall–Kier alpha value is -2.21. The largest absolute Gasteiger partial charge is 0.465 e. The first-order valence-electron chi connectivity index (χ1n) is 6.57. The van der Waals surface area contributed by atoms with E-state index in [2.05, 4.69) is 9.72 Å². The fourth-order valence-electron chi connectivity index (χ4n) is 1.89. The number of ether oxygens (including phenoxy) is 1. The molecule has 6 heteroatoms. The minimum Gasteiger partial charge on any atom is -0.465 e. The Balaban J connectivity index is 2.27. The van der Waals surface area contributed by atoms with Gasteiger partial charge in [0.2, 0.25) is 0 Å². The maximum atomic E-state index is 12.6. The number of methoxy groups -OCH3 is 1. The van der Waals surface area contributed by atoms with Crippen LogP contribution in [0.4, 0.5) is 5.69 Å². The van der Waals surface area contributed by atoms with Gasteiger partial charge < -0.3 is 9.64 Å². The minimum absolute atomic E-state index is 0.122. The van der Waals surface area contributed by atoms with Crippen molar-refractivity contribution in [2.24, 2.45) is 0 Å². The summed E-state index contributed by atoms with van der Waals surface area (Å²) in [5.74, 6) is -0.548. The molecule has 0 aliphatic carbocycles. The van der Waals surface area contributed by atoms with Gasteiger partial charge >= 0.3 is 5.97 Å². The van der Waals surface area contributed by atoms with Crippen LogP contribution in [0.1, 0.15) is 32.7 Å². The molecule has 2 aromatic heterocycles. The number of carbonyl (C=O) groups is 2. The van der Waals surface area contributed by atoms with E-state index >= 15 is 0 Å². The van der Waals surface area contributed by atoms with Crippen LogP contribution in [-0.4, -0.2) is 30.5 Å². The molecule has 1 amide bonds. The van der Waals surface area contributed by atoms with Crippen LogP contribution >= 0.6 is 11.3 Å². The summed E-state index contributed by atoms with van der Waals surface area (Å²) in [5.41, 5.74) is 0.796. The number of pyridine rings is 1. The van der Waals surface area contributed by atoms with Gasteiger partial charge in [-0.1, -0.05) is 6.92 Å². The first-order valence-corrected chi connectivity index (χ1v) is 7.39. The Labute approximate surface area is 127 Å². The molecule has 2 heterocycles. The van der Waals surface area contributed by atoms with E-state index in [0.29, 0.717) is 16.3 Å². The Bertz CT molecular complexity index is 625. The van der Waals surface area contributed by atoms with Gasteiger partial charge in [-0.3, -0.25) is 9.78 Å². The van der Waals surface area contributed by atoms with Crippen molar-refractivity contribution < 1.29 is 14.3 Å². The maximum Gasteiger partial charge on any atom is 0.348 e. The van der Waals surface area contributed by atoms with Crippen molar-refractivity contribution in [3.8, 4) is 0 Å². The second kappa shape index (κ2) is 6.99. The summed E-state index contributed by atoms with van der Waals surface area (Å²) in [6.45, 7) is 2.62. The Morgan fingerprint density at radius 1 is 1.19 bits per heavy atom. The van der Waals surface area contributed by atoms with Crippen molar-refractivity contribution in [2.75, 3.05) is 18.6 Å². The molecule has 5 nitrogen and oxygen atoms in total. The Morgan fingerprint density at radius 3 is 2.48 bits per heavy atom. The van der Waals surface area contributed by atoms with Gasteiger partial charge in [0, 0.05) is 24.6 Å². The molecule has 0 aliphatic heterocycles. The fraction of sp³-hybridized carbons (Fsp3) is 0.267. The van der Waals surface area contributed by atoms with Crippen LogP contribution in [0.5, 0.6) is 0 Å². The van der Waals surface area contributed by atoms with E-state index < -0.39 is 5.97 Å². The number of anilines is 1. The van der Waals surface area contributed by atoms with E-state index in [1.807, 2.05) is 6.92 Å². The summed E-state index contributed by atoms with van der Waals surface area (Å²) in [6.07, 6.45) is 4.14. The Morgan fingerprint density at radius 2 is 1.86 bits per heavy atom. The highest BCUT2D eigenvalue weighted by atomic mass is 32.1. The molecule has 0 fully saturated rings. The highest BCUT2D eigenvalue weighted by Crippen LogP contribution is 2.22. The quantitative estimate of drug-likeness (QED) is 0.797. The summed E-state index contributed by atoms with van der Waals surface area (Å²) in [4.78, 5) is 30.7. The molecule has 110 valence electrons. The van der Waals surface area contributed by atoms with Crippen LogP contribution in [0.3, 0.4) is 0 Å². The van der Waals surface area contributed by atoms with Crippen LogP contribution in [-0.2, 0) is 4.74 Å². The second-order valence-corrected chi connectivity index (χ2v) is 5.40. The average molecular weight is 304 g/mol. The van der Waals surface area contributed by atoms with Crippen LogP contribution in [0, 0.1) is 0 Å². The maximum absolute atomic E-state index is 12.6. The van der Waals surface area contributed by atoms with Gasteiger partial charge in [0.25, 0.3) is 5.91 Å². The molecule has 2 aromatic rings. The van der Waals surface area contributed by atoms with Gasteiger partial charge in [-0.25, -0.2) is 4.79 Å². The zero-order valence-corrected chi connectivity index (χ0v) is 12.7. The van der Waals surface area contributed by atoms with Gasteiger partial charge in [-0.05, 0) is 30.7 Å². The molecule has 0 saturated heterocycles. The molecule has 0 aromatic carbocycles. The van der Waals surface area contributed by atoms with E-state index in [-0.39, 0.29) is 5.91 Å². The number of hydrogen-bond acceptors (Lipinski definition) is 5. The molecule has 0 bridgehead atoms. The lowest BCUT2D eigenvalue weighted by Crippen LogP contribution is -2.31. The summed E-state index contributed by atoms with van der Waals surface area (Å²) in [6, 6.07) is 6.86. The summed E-state index contributed by atoms with van der Waals surface area (Å²) in [7, 11) is 1.32. The number of aromatic nitrogens is 1. The third-order valence-corrected chi connectivity index (χ3v) is 3.92. The lowest BCUT2D eigenvalue weighted by molar-refractivity contribution is 0.0606. The number of esters is 1. The van der Waals surface area contributed by atoms with Crippen molar-refractivity contribution in [3.05, 3.63) is 46.4 Å². The van der Waals surface area contributed by atoms with Gasteiger partial charge in [0.1, 0.15) is 4.88 Å². The van der Waals surface area contributed by atoms with Gasteiger partial charge in [0.15, 0.2) is 0 Å². The standard InChI is InChI=1S/C15H16N2O3S/c1-3-10-17(11-6-8-16-9-7-11)14(18)12-4-5-13(21-12)15(19)20-2/h4-9H,3,10H2,1-2H3.